The summed E-state index contributed by atoms with van der Waals surface area (Å²) >= 11 is 0. The predicted molar refractivity (Wildman–Crippen MR) is 44.7 cm³/mol. The third-order valence-electron chi connectivity index (χ3n) is 1.90. The van der Waals surface area contributed by atoms with Crippen molar-refractivity contribution in [3.8, 4) is 5.75 Å². The highest BCUT2D eigenvalue weighted by Gasteiger charge is 2.01. The molecule has 2 aromatic rings. The van der Waals surface area contributed by atoms with E-state index < -0.39 is 0 Å². The van der Waals surface area contributed by atoms with E-state index in [4.69, 9.17) is 0 Å². The molecule has 0 radical (unpaired) electrons. The van der Waals surface area contributed by atoms with Crippen molar-refractivity contribution in [3.63, 3.8) is 0 Å². The van der Waals surface area contributed by atoms with Gasteiger partial charge >= 0.3 is 0 Å². The van der Waals surface area contributed by atoms with Crippen LogP contribution < -0.4 is 0 Å². The van der Waals surface area contributed by atoms with E-state index in [1.807, 2.05) is 25.3 Å². The second-order valence-electron chi connectivity index (χ2n) is 2.67. The third-order valence-corrected chi connectivity index (χ3v) is 1.90. The zero-order chi connectivity index (χ0) is 7.84. The van der Waals surface area contributed by atoms with Crippen molar-refractivity contribution < 1.29 is 5.11 Å². The van der Waals surface area contributed by atoms with Crippen LogP contribution in [-0.4, -0.2) is 10.1 Å². The van der Waals surface area contributed by atoms with Crippen molar-refractivity contribution in [1.82, 2.24) is 4.98 Å². The predicted octanol–water partition coefficient (Wildman–Crippen LogP) is 2.18. The molecule has 0 aliphatic rings. The number of aromatic nitrogens is 1. The Morgan fingerprint density at radius 1 is 1.36 bits per heavy atom. The maximum Gasteiger partial charge on any atom is 0.139 e. The number of para-hydroxylation sites is 1. The van der Waals surface area contributed by atoms with E-state index in [1.165, 1.54) is 0 Å². The van der Waals surface area contributed by atoms with Crippen molar-refractivity contribution in [2.24, 2.45) is 0 Å². The fourth-order valence-corrected chi connectivity index (χ4v) is 1.28. The SMILES string of the molecule is Cc1c[nH]c2c(O)cccc12. The Labute approximate surface area is 64.5 Å². The number of aromatic amines is 1. The van der Waals surface area contributed by atoms with E-state index in [9.17, 15) is 5.11 Å². The van der Waals surface area contributed by atoms with Crippen molar-refractivity contribution in [2.75, 3.05) is 0 Å². The average Bonchev–Trinajstić information content (AvgIpc) is 2.35. The molecule has 1 heterocycles. The van der Waals surface area contributed by atoms with Gasteiger partial charge in [-0.1, -0.05) is 12.1 Å². The topological polar surface area (TPSA) is 36.0 Å². The van der Waals surface area contributed by atoms with Gasteiger partial charge in [-0.2, -0.15) is 0 Å². The second-order valence-corrected chi connectivity index (χ2v) is 2.67. The second kappa shape index (κ2) is 2.02. The number of H-pyrrole nitrogens is 1. The highest BCUT2D eigenvalue weighted by Crippen LogP contribution is 2.24. The Bertz CT molecular complexity index is 389. The first-order valence-electron chi connectivity index (χ1n) is 3.54. The first-order valence-corrected chi connectivity index (χ1v) is 3.54. The summed E-state index contributed by atoms with van der Waals surface area (Å²) in [4.78, 5) is 3.01. The fourth-order valence-electron chi connectivity index (χ4n) is 1.28. The molecule has 0 aliphatic carbocycles. The number of benzene rings is 1. The molecule has 0 aliphatic heterocycles. The molecule has 0 bridgehead atoms. The van der Waals surface area contributed by atoms with Crippen molar-refractivity contribution >= 4 is 10.9 Å². The molecule has 0 unspecified atom stereocenters. The normalized spacial score (nSPS) is 10.6. The van der Waals surface area contributed by atoms with E-state index in [-0.39, 0.29) is 0 Å². The Kier molecular flexibility index (Phi) is 1.15. The first-order chi connectivity index (χ1) is 5.29. The van der Waals surface area contributed by atoms with E-state index in [0.717, 1.165) is 16.5 Å². The highest BCUT2D eigenvalue weighted by molar-refractivity contribution is 5.87. The summed E-state index contributed by atoms with van der Waals surface area (Å²) in [6.45, 7) is 2.01. The molecule has 1 aromatic carbocycles. The summed E-state index contributed by atoms with van der Waals surface area (Å²) in [5.74, 6) is 0.315. The molecule has 2 heteroatoms. The van der Waals surface area contributed by atoms with Gasteiger partial charge in [-0.25, -0.2) is 0 Å². The van der Waals surface area contributed by atoms with Gasteiger partial charge < -0.3 is 10.1 Å². The number of rotatable bonds is 0. The van der Waals surface area contributed by atoms with Crippen molar-refractivity contribution in [2.45, 2.75) is 6.92 Å². The molecule has 2 rings (SSSR count). The van der Waals surface area contributed by atoms with Crippen LogP contribution in [0.3, 0.4) is 0 Å². The standard InChI is InChI=1S/C9H9NO/c1-6-5-10-9-7(6)3-2-4-8(9)11/h2-5,10-11H,1H3. The first kappa shape index (κ1) is 6.28. The molecule has 0 atom stereocenters. The summed E-state index contributed by atoms with van der Waals surface area (Å²) in [5.41, 5.74) is 1.99. The number of phenols is 1. The van der Waals surface area contributed by atoms with Gasteiger partial charge in [0.15, 0.2) is 0 Å². The maximum atomic E-state index is 9.35. The zero-order valence-corrected chi connectivity index (χ0v) is 6.26. The van der Waals surface area contributed by atoms with Gasteiger partial charge in [0.1, 0.15) is 5.75 Å². The summed E-state index contributed by atoms with van der Waals surface area (Å²) in [6, 6.07) is 5.51. The maximum absolute atomic E-state index is 9.35. The van der Waals surface area contributed by atoms with Gasteiger partial charge in [-0.15, -0.1) is 0 Å². The van der Waals surface area contributed by atoms with Crippen LogP contribution in [0, 0.1) is 6.92 Å². The molecule has 0 fully saturated rings. The van der Waals surface area contributed by atoms with E-state index >= 15 is 0 Å². The van der Waals surface area contributed by atoms with E-state index in [0.29, 0.717) is 5.75 Å². The Balaban J connectivity index is 2.94. The Hall–Kier alpha value is -1.44. The minimum absolute atomic E-state index is 0.315. The lowest BCUT2D eigenvalue weighted by Gasteiger charge is -1.93. The molecular formula is C9H9NO. The number of hydrogen-bond donors (Lipinski definition) is 2. The Morgan fingerprint density at radius 3 is 2.91 bits per heavy atom. The highest BCUT2D eigenvalue weighted by atomic mass is 16.3. The third kappa shape index (κ3) is 0.792. The summed E-state index contributed by atoms with van der Waals surface area (Å²) in [5, 5.41) is 10.4. The Morgan fingerprint density at radius 2 is 2.18 bits per heavy atom. The van der Waals surface area contributed by atoms with Crippen molar-refractivity contribution in [1.29, 1.82) is 0 Å². The van der Waals surface area contributed by atoms with E-state index in [2.05, 4.69) is 4.98 Å². The number of phenolic OH excluding ortho intramolecular Hbond substituents is 1. The molecule has 0 saturated carbocycles. The molecule has 11 heavy (non-hydrogen) atoms. The lowest BCUT2D eigenvalue weighted by molar-refractivity contribution is 0.480. The minimum Gasteiger partial charge on any atom is -0.506 e. The number of fused-ring (bicyclic) bond motifs is 1. The summed E-state index contributed by atoms with van der Waals surface area (Å²) in [6.07, 6.45) is 1.89. The molecule has 0 amide bonds. The van der Waals surface area contributed by atoms with Gasteiger partial charge in [0, 0.05) is 11.6 Å². The van der Waals surface area contributed by atoms with Gasteiger partial charge in [0.25, 0.3) is 0 Å². The van der Waals surface area contributed by atoms with E-state index in [1.54, 1.807) is 6.07 Å². The van der Waals surface area contributed by atoms with Crippen LogP contribution in [0.25, 0.3) is 10.9 Å². The van der Waals surface area contributed by atoms with Crippen LogP contribution in [-0.2, 0) is 0 Å². The molecule has 56 valence electrons. The largest absolute Gasteiger partial charge is 0.506 e. The van der Waals surface area contributed by atoms with Gasteiger partial charge in [-0.3, -0.25) is 0 Å². The fraction of sp³-hybridized carbons (Fsp3) is 0.111. The van der Waals surface area contributed by atoms with Crippen LogP contribution in [0.15, 0.2) is 24.4 Å². The monoisotopic (exact) mass is 147 g/mol. The van der Waals surface area contributed by atoms with Gasteiger partial charge in [-0.05, 0) is 18.6 Å². The average molecular weight is 147 g/mol. The number of nitrogens with one attached hydrogen (secondary N) is 1. The number of hydrogen-bond acceptors (Lipinski definition) is 1. The quantitative estimate of drug-likeness (QED) is 0.588. The van der Waals surface area contributed by atoms with Crippen molar-refractivity contribution in [3.05, 3.63) is 30.0 Å². The number of aryl methyl sites for hydroxylation is 1. The molecular weight excluding hydrogens is 138 g/mol. The molecule has 0 spiro atoms. The van der Waals surface area contributed by atoms with Crippen LogP contribution in [0.4, 0.5) is 0 Å². The molecule has 2 nitrogen and oxygen atoms in total. The van der Waals surface area contributed by atoms with Gasteiger partial charge in [0.05, 0.1) is 5.52 Å². The van der Waals surface area contributed by atoms with Crippen LogP contribution in [0.2, 0.25) is 0 Å². The van der Waals surface area contributed by atoms with Gasteiger partial charge in [0.2, 0.25) is 0 Å². The summed E-state index contributed by atoms with van der Waals surface area (Å²) < 4.78 is 0. The molecule has 1 aromatic heterocycles. The zero-order valence-electron chi connectivity index (χ0n) is 6.26. The van der Waals surface area contributed by atoms with Crippen LogP contribution in [0.1, 0.15) is 5.56 Å². The summed E-state index contributed by atoms with van der Waals surface area (Å²) in [7, 11) is 0. The lowest BCUT2D eigenvalue weighted by Crippen LogP contribution is -1.69. The molecule has 2 N–H and O–H groups in total. The number of aromatic hydroxyl groups is 1. The molecule has 0 saturated heterocycles. The minimum atomic E-state index is 0.315. The lowest BCUT2D eigenvalue weighted by atomic mass is 10.2. The van der Waals surface area contributed by atoms with Crippen LogP contribution in [0.5, 0.6) is 5.75 Å². The smallest absolute Gasteiger partial charge is 0.139 e. The van der Waals surface area contributed by atoms with Crippen LogP contribution >= 0.6 is 0 Å².